The summed E-state index contributed by atoms with van der Waals surface area (Å²) in [5, 5.41) is 0.561. The van der Waals surface area contributed by atoms with Crippen molar-refractivity contribution in [2.45, 2.75) is 6.04 Å². The van der Waals surface area contributed by atoms with Crippen molar-refractivity contribution >= 4 is 27.5 Å². The van der Waals surface area contributed by atoms with Gasteiger partial charge in [0.05, 0.1) is 25.3 Å². The van der Waals surface area contributed by atoms with Crippen molar-refractivity contribution in [2.24, 2.45) is 5.73 Å². The molecular formula is C15H15BrClNO2. The third kappa shape index (κ3) is 3.08. The zero-order valence-corrected chi connectivity index (χ0v) is 13.5. The van der Waals surface area contributed by atoms with E-state index in [9.17, 15) is 0 Å². The Kier molecular flexibility index (Phi) is 4.91. The first-order chi connectivity index (χ1) is 9.56. The molecule has 20 heavy (non-hydrogen) atoms. The maximum atomic E-state index is 6.32. The van der Waals surface area contributed by atoms with Crippen LogP contribution >= 0.6 is 27.5 Å². The van der Waals surface area contributed by atoms with Gasteiger partial charge in [0.1, 0.15) is 11.5 Å². The summed E-state index contributed by atoms with van der Waals surface area (Å²) in [4.78, 5) is 0. The molecule has 0 aliphatic heterocycles. The number of methoxy groups -OCH3 is 2. The summed E-state index contributed by atoms with van der Waals surface area (Å²) in [5.74, 6) is 1.34. The average molecular weight is 357 g/mol. The van der Waals surface area contributed by atoms with Gasteiger partial charge >= 0.3 is 0 Å². The van der Waals surface area contributed by atoms with Crippen LogP contribution in [0.2, 0.25) is 5.02 Å². The zero-order chi connectivity index (χ0) is 14.7. The van der Waals surface area contributed by atoms with E-state index in [0.717, 1.165) is 21.3 Å². The van der Waals surface area contributed by atoms with Gasteiger partial charge in [0.15, 0.2) is 0 Å². The summed E-state index contributed by atoms with van der Waals surface area (Å²) in [5.41, 5.74) is 8.13. The second kappa shape index (κ2) is 6.48. The van der Waals surface area contributed by atoms with Gasteiger partial charge in [-0.3, -0.25) is 0 Å². The first kappa shape index (κ1) is 15.2. The third-order valence-corrected chi connectivity index (χ3v) is 3.87. The van der Waals surface area contributed by atoms with E-state index in [2.05, 4.69) is 15.9 Å². The van der Waals surface area contributed by atoms with Crippen LogP contribution in [0.5, 0.6) is 11.5 Å². The lowest BCUT2D eigenvalue weighted by molar-refractivity contribution is 0.406. The summed E-state index contributed by atoms with van der Waals surface area (Å²) < 4.78 is 11.5. The molecule has 5 heteroatoms. The minimum atomic E-state index is -0.316. The standard InChI is InChI=1S/C15H15BrClNO2/c1-19-13-8-10(16)4-5-11(13)15(18)9-3-6-12(17)14(7-9)20-2/h3-8,15H,18H2,1-2H3. The van der Waals surface area contributed by atoms with Crippen LogP contribution in [0.15, 0.2) is 40.9 Å². The average Bonchev–Trinajstić information content (AvgIpc) is 2.46. The molecule has 0 aromatic heterocycles. The largest absolute Gasteiger partial charge is 0.496 e. The zero-order valence-electron chi connectivity index (χ0n) is 11.2. The lowest BCUT2D eigenvalue weighted by Gasteiger charge is -2.17. The molecule has 2 N–H and O–H groups in total. The molecule has 3 nitrogen and oxygen atoms in total. The quantitative estimate of drug-likeness (QED) is 0.894. The molecule has 0 saturated carbocycles. The molecule has 2 aromatic rings. The lowest BCUT2D eigenvalue weighted by atomic mass is 9.98. The highest BCUT2D eigenvalue weighted by molar-refractivity contribution is 9.10. The second-order valence-electron chi connectivity index (χ2n) is 4.26. The van der Waals surface area contributed by atoms with Crippen LogP contribution in [0, 0.1) is 0 Å². The smallest absolute Gasteiger partial charge is 0.137 e. The molecule has 0 spiro atoms. The van der Waals surface area contributed by atoms with Gasteiger partial charge in [0.2, 0.25) is 0 Å². The molecule has 2 aromatic carbocycles. The van der Waals surface area contributed by atoms with Gasteiger partial charge in [-0.1, -0.05) is 39.7 Å². The van der Waals surface area contributed by atoms with Crippen molar-refractivity contribution in [1.82, 2.24) is 0 Å². The van der Waals surface area contributed by atoms with Crippen LogP contribution < -0.4 is 15.2 Å². The maximum Gasteiger partial charge on any atom is 0.137 e. The van der Waals surface area contributed by atoms with Crippen LogP contribution in [0.1, 0.15) is 17.2 Å². The molecule has 0 radical (unpaired) electrons. The number of hydrogen-bond acceptors (Lipinski definition) is 3. The molecule has 0 aliphatic rings. The van der Waals surface area contributed by atoms with E-state index in [1.54, 1.807) is 20.3 Å². The summed E-state index contributed by atoms with van der Waals surface area (Å²) in [7, 11) is 3.21. The van der Waals surface area contributed by atoms with Gasteiger partial charge < -0.3 is 15.2 Å². The van der Waals surface area contributed by atoms with Crippen molar-refractivity contribution in [2.75, 3.05) is 14.2 Å². The van der Waals surface area contributed by atoms with Crippen molar-refractivity contribution in [3.63, 3.8) is 0 Å². The topological polar surface area (TPSA) is 44.5 Å². The Bertz CT molecular complexity index is 619. The Morgan fingerprint density at radius 1 is 1.05 bits per heavy atom. The normalized spacial score (nSPS) is 12.1. The highest BCUT2D eigenvalue weighted by atomic mass is 79.9. The van der Waals surface area contributed by atoms with E-state index in [0.29, 0.717) is 10.8 Å². The van der Waals surface area contributed by atoms with Gasteiger partial charge in [0.25, 0.3) is 0 Å². The maximum absolute atomic E-state index is 6.32. The molecule has 2 rings (SSSR count). The number of benzene rings is 2. The number of hydrogen-bond donors (Lipinski definition) is 1. The van der Waals surface area contributed by atoms with Crippen LogP contribution in [0.3, 0.4) is 0 Å². The Morgan fingerprint density at radius 2 is 1.75 bits per heavy atom. The first-order valence-electron chi connectivity index (χ1n) is 5.99. The molecule has 0 heterocycles. The summed E-state index contributed by atoms with van der Waals surface area (Å²) in [6.45, 7) is 0. The fourth-order valence-corrected chi connectivity index (χ4v) is 2.53. The minimum absolute atomic E-state index is 0.316. The van der Waals surface area contributed by atoms with Gasteiger partial charge in [-0.2, -0.15) is 0 Å². The van der Waals surface area contributed by atoms with E-state index >= 15 is 0 Å². The van der Waals surface area contributed by atoms with Gasteiger partial charge in [-0.15, -0.1) is 0 Å². The molecular weight excluding hydrogens is 342 g/mol. The molecule has 0 aliphatic carbocycles. The van der Waals surface area contributed by atoms with Crippen molar-refractivity contribution in [3.05, 3.63) is 57.0 Å². The van der Waals surface area contributed by atoms with Crippen LogP contribution in [-0.4, -0.2) is 14.2 Å². The summed E-state index contributed by atoms with van der Waals surface area (Å²) >= 11 is 9.45. The Morgan fingerprint density at radius 3 is 2.40 bits per heavy atom. The fraction of sp³-hybridized carbons (Fsp3) is 0.200. The minimum Gasteiger partial charge on any atom is -0.496 e. The molecule has 0 saturated heterocycles. The number of rotatable bonds is 4. The second-order valence-corrected chi connectivity index (χ2v) is 5.58. The molecule has 0 bridgehead atoms. The number of nitrogens with two attached hydrogens (primary N) is 1. The molecule has 106 valence electrons. The van der Waals surface area contributed by atoms with E-state index in [1.165, 1.54) is 0 Å². The third-order valence-electron chi connectivity index (χ3n) is 3.06. The van der Waals surface area contributed by atoms with Gasteiger partial charge in [-0.25, -0.2) is 0 Å². The van der Waals surface area contributed by atoms with Crippen molar-refractivity contribution in [3.8, 4) is 11.5 Å². The predicted octanol–water partition coefficient (Wildman–Crippen LogP) is 4.17. The molecule has 1 unspecified atom stereocenters. The summed E-state index contributed by atoms with van der Waals surface area (Å²) in [6, 6.07) is 11.0. The van der Waals surface area contributed by atoms with Gasteiger partial charge in [0, 0.05) is 10.0 Å². The fourth-order valence-electron chi connectivity index (χ4n) is 1.99. The van der Waals surface area contributed by atoms with E-state index in [1.807, 2.05) is 30.3 Å². The Labute approximate surface area is 131 Å². The van der Waals surface area contributed by atoms with E-state index in [4.69, 9.17) is 26.8 Å². The SMILES string of the molecule is COc1cc(C(N)c2ccc(Br)cc2OC)ccc1Cl. The summed E-state index contributed by atoms with van der Waals surface area (Å²) in [6.07, 6.45) is 0. The molecule has 0 fully saturated rings. The monoisotopic (exact) mass is 355 g/mol. The number of ether oxygens (including phenoxy) is 2. The van der Waals surface area contributed by atoms with E-state index in [-0.39, 0.29) is 6.04 Å². The Hall–Kier alpha value is -1.23. The van der Waals surface area contributed by atoms with Crippen molar-refractivity contribution < 1.29 is 9.47 Å². The van der Waals surface area contributed by atoms with Crippen molar-refractivity contribution in [1.29, 1.82) is 0 Å². The highest BCUT2D eigenvalue weighted by Gasteiger charge is 2.16. The molecule has 1 atom stereocenters. The van der Waals surface area contributed by atoms with E-state index < -0.39 is 0 Å². The Balaban J connectivity index is 2.43. The van der Waals surface area contributed by atoms with Crippen LogP contribution in [0.25, 0.3) is 0 Å². The predicted molar refractivity (Wildman–Crippen MR) is 84.7 cm³/mol. The van der Waals surface area contributed by atoms with Gasteiger partial charge in [-0.05, 0) is 29.8 Å². The molecule has 0 amide bonds. The highest BCUT2D eigenvalue weighted by Crippen LogP contribution is 2.34. The lowest BCUT2D eigenvalue weighted by Crippen LogP contribution is -2.13. The first-order valence-corrected chi connectivity index (χ1v) is 7.16. The van der Waals surface area contributed by atoms with Crippen LogP contribution in [-0.2, 0) is 0 Å². The van der Waals surface area contributed by atoms with Crippen LogP contribution in [0.4, 0.5) is 0 Å². The number of halogens is 2.